The zero-order chi connectivity index (χ0) is 12.3. The zero-order valence-corrected chi connectivity index (χ0v) is 10.2. The van der Waals surface area contributed by atoms with Crippen LogP contribution in [-0.4, -0.2) is 0 Å². The number of hydrogen-bond donors (Lipinski definition) is 1. The SMILES string of the molecule is Cc1cc(Oc2cccc(C#N)c2)ccc1S. The lowest BCUT2D eigenvalue weighted by atomic mass is 10.2. The van der Waals surface area contributed by atoms with E-state index in [1.807, 2.05) is 31.2 Å². The van der Waals surface area contributed by atoms with Crippen molar-refractivity contribution in [2.75, 3.05) is 0 Å². The Morgan fingerprint density at radius 2 is 1.88 bits per heavy atom. The number of aryl methyl sites for hydroxylation is 1. The minimum Gasteiger partial charge on any atom is -0.457 e. The van der Waals surface area contributed by atoms with E-state index in [0.29, 0.717) is 11.3 Å². The quantitative estimate of drug-likeness (QED) is 0.808. The van der Waals surface area contributed by atoms with Crippen molar-refractivity contribution < 1.29 is 4.74 Å². The van der Waals surface area contributed by atoms with Gasteiger partial charge in [0.1, 0.15) is 11.5 Å². The Balaban J connectivity index is 2.25. The summed E-state index contributed by atoms with van der Waals surface area (Å²) in [6.45, 7) is 1.97. The van der Waals surface area contributed by atoms with Gasteiger partial charge in [-0.3, -0.25) is 0 Å². The zero-order valence-electron chi connectivity index (χ0n) is 9.34. The molecule has 0 radical (unpaired) electrons. The largest absolute Gasteiger partial charge is 0.457 e. The van der Waals surface area contributed by atoms with Crippen molar-refractivity contribution in [1.29, 1.82) is 5.26 Å². The summed E-state index contributed by atoms with van der Waals surface area (Å²) >= 11 is 4.30. The second kappa shape index (κ2) is 4.94. The first-order chi connectivity index (χ1) is 8.19. The lowest BCUT2D eigenvalue weighted by molar-refractivity contribution is 0.481. The molecule has 0 unspecified atom stereocenters. The minimum atomic E-state index is 0.588. The fourth-order valence-corrected chi connectivity index (χ4v) is 1.60. The van der Waals surface area contributed by atoms with Crippen LogP contribution in [0.5, 0.6) is 11.5 Å². The molecule has 17 heavy (non-hydrogen) atoms. The molecule has 0 saturated heterocycles. The summed E-state index contributed by atoms with van der Waals surface area (Å²) in [7, 11) is 0. The predicted octanol–water partition coefficient (Wildman–Crippen LogP) is 3.95. The lowest BCUT2D eigenvalue weighted by Crippen LogP contribution is -1.86. The summed E-state index contributed by atoms with van der Waals surface area (Å²) in [5, 5.41) is 8.79. The van der Waals surface area contributed by atoms with Crippen molar-refractivity contribution in [1.82, 2.24) is 0 Å². The van der Waals surface area contributed by atoms with Crippen LogP contribution in [0.3, 0.4) is 0 Å². The molecule has 2 nitrogen and oxygen atoms in total. The fraction of sp³-hybridized carbons (Fsp3) is 0.0714. The van der Waals surface area contributed by atoms with E-state index in [2.05, 4.69) is 18.7 Å². The normalized spacial score (nSPS) is 9.71. The van der Waals surface area contributed by atoms with Gasteiger partial charge >= 0.3 is 0 Å². The van der Waals surface area contributed by atoms with E-state index in [-0.39, 0.29) is 0 Å². The van der Waals surface area contributed by atoms with Gasteiger partial charge in [0.05, 0.1) is 11.6 Å². The number of nitriles is 1. The van der Waals surface area contributed by atoms with Crippen molar-refractivity contribution >= 4 is 12.6 Å². The van der Waals surface area contributed by atoms with E-state index in [4.69, 9.17) is 10.00 Å². The van der Waals surface area contributed by atoms with Crippen LogP contribution < -0.4 is 4.74 Å². The third-order valence-electron chi connectivity index (χ3n) is 2.37. The van der Waals surface area contributed by atoms with Crippen LogP contribution in [-0.2, 0) is 0 Å². The molecule has 0 amide bonds. The molecule has 0 bridgehead atoms. The van der Waals surface area contributed by atoms with E-state index in [0.717, 1.165) is 16.2 Å². The molecule has 0 heterocycles. The maximum absolute atomic E-state index is 8.79. The maximum atomic E-state index is 8.79. The molecule has 84 valence electrons. The van der Waals surface area contributed by atoms with E-state index < -0.39 is 0 Å². The Bertz CT molecular complexity index is 587. The lowest BCUT2D eigenvalue weighted by Gasteiger charge is -2.07. The molecule has 0 N–H and O–H groups in total. The summed E-state index contributed by atoms with van der Waals surface area (Å²) in [5.41, 5.74) is 1.65. The van der Waals surface area contributed by atoms with Gasteiger partial charge in [-0.05, 0) is 48.9 Å². The van der Waals surface area contributed by atoms with Crippen molar-refractivity contribution in [2.45, 2.75) is 11.8 Å². The van der Waals surface area contributed by atoms with E-state index >= 15 is 0 Å². The van der Waals surface area contributed by atoms with Crippen molar-refractivity contribution in [3.8, 4) is 17.6 Å². The summed E-state index contributed by atoms with van der Waals surface area (Å²) < 4.78 is 5.67. The summed E-state index contributed by atoms with van der Waals surface area (Å²) in [5.74, 6) is 1.41. The van der Waals surface area contributed by atoms with Gasteiger partial charge in [-0.25, -0.2) is 0 Å². The average molecular weight is 241 g/mol. The van der Waals surface area contributed by atoms with Gasteiger partial charge in [-0.1, -0.05) is 6.07 Å². The van der Waals surface area contributed by atoms with Crippen LogP contribution in [0.2, 0.25) is 0 Å². The van der Waals surface area contributed by atoms with Gasteiger partial charge < -0.3 is 4.74 Å². The maximum Gasteiger partial charge on any atom is 0.128 e. The summed E-state index contributed by atoms with van der Waals surface area (Å²) in [4.78, 5) is 0.933. The number of ether oxygens (including phenoxy) is 1. The molecule has 2 aromatic carbocycles. The third-order valence-corrected chi connectivity index (χ3v) is 2.87. The monoisotopic (exact) mass is 241 g/mol. The van der Waals surface area contributed by atoms with Crippen molar-refractivity contribution in [3.63, 3.8) is 0 Å². The summed E-state index contributed by atoms with van der Waals surface area (Å²) in [6, 6.07) is 14.8. The van der Waals surface area contributed by atoms with Crippen molar-refractivity contribution in [3.05, 3.63) is 53.6 Å². The van der Waals surface area contributed by atoms with E-state index in [1.54, 1.807) is 18.2 Å². The molecular formula is C14H11NOS. The second-order valence-electron chi connectivity index (χ2n) is 3.69. The standard InChI is InChI=1S/C14H11NOS/c1-10-7-13(5-6-14(10)17)16-12-4-2-3-11(8-12)9-15/h2-8,17H,1H3. The Hall–Kier alpha value is -1.92. The second-order valence-corrected chi connectivity index (χ2v) is 4.17. The number of rotatable bonds is 2. The molecule has 2 aromatic rings. The van der Waals surface area contributed by atoms with Crippen LogP contribution in [0.1, 0.15) is 11.1 Å². The first-order valence-electron chi connectivity index (χ1n) is 5.16. The van der Waals surface area contributed by atoms with Crippen molar-refractivity contribution in [2.24, 2.45) is 0 Å². The molecule has 0 aromatic heterocycles. The predicted molar refractivity (Wildman–Crippen MR) is 69.7 cm³/mol. The molecule has 0 atom stereocenters. The van der Waals surface area contributed by atoms with Gasteiger partial charge in [-0.2, -0.15) is 5.26 Å². The summed E-state index contributed by atoms with van der Waals surface area (Å²) in [6.07, 6.45) is 0. The molecule has 2 rings (SSSR count). The van der Waals surface area contributed by atoms with E-state index in [1.165, 1.54) is 0 Å². The smallest absolute Gasteiger partial charge is 0.128 e. The van der Waals surface area contributed by atoms with Crippen LogP contribution in [0.15, 0.2) is 47.4 Å². The number of benzene rings is 2. The Morgan fingerprint density at radius 3 is 2.59 bits per heavy atom. The third kappa shape index (κ3) is 2.80. The Kier molecular flexibility index (Phi) is 3.36. The number of thiol groups is 1. The molecule has 0 spiro atoms. The molecule has 0 aliphatic carbocycles. The van der Waals surface area contributed by atoms with Crippen LogP contribution in [0, 0.1) is 18.3 Å². The number of hydrogen-bond acceptors (Lipinski definition) is 3. The fourth-order valence-electron chi connectivity index (χ4n) is 1.46. The molecular weight excluding hydrogens is 230 g/mol. The Labute approximate surface area is 106 Å². The van der Waals surface area contributed by atoms with Gasteiger partial charge in [0.15, 0.2) is 0 Å². The highest BCUT2D eigenvalue weighted by Crippen LogP contribution is 2.25. The molecule has 0 aliphatic rings. The first-order valence-corrected chi connectivity index (χ1v) is 5.61. The van der Waals surface area contributed by atoms with E-state index in [9.17, 15) is 0 Å². The molecule has 3 heteroatoms. The first kappa shape index (κ1) is 11.6. The average Bonchev–Trinajstić information content (AvgIpc) is 2.34. The van der Waals surface area contributed by atoms with Gasteiger partial charge in [0.25, 0.3) is 0 Å². The molecule has 0 aliphatic heterocycles. The Morgan fingerprint density at radius 1 is 1.12 bits per heavy atom. The highest BCUT2D eigenvalue weighted by Gasteiger charge is 2.00. The number of nitrogens with zero attached hydrogens (tertiary/aromatic N) is 1. The highest BCUT2D eigenvalue weighted by atomic mass is 32.1. The van der Waals surface area contributed by atoms with Crippen LogP contribution in [0.4, 0.5) is 0 Å². The van der Waals surface area contributed by atoms with Gasteiger partial charge in [-0.15, -0.1) is 12.6 Å². The topological polar surface area (TPSA) is 33.0 Å². The van der Waals surface area contributed by atoms with Gasteiger partial charge in [0.2, 0.25) is 0 Å². The molecule has 0 fully saturated rings. The minimum absolute atomic E-state index is 0.588. The molecule has 0 saturated carbocycles. The van der Waals surface area contributed by atoms with Gasteiger partial charge in [0, 0.05) is 4.90 Å². The van der Waals surface area contributed by atoms with Crippen LogP contribution in [0.25, 0.3) is 0 Å². The highest BCUT2D eigenvalue weighted by molar-refractivity contribution is 7.80. The van der Waals surface area contributed by atoms with Crippen LogP contribution >= 0.6 is 12.6 Å².